The van der Waals surface area contributed by atoms with Gasteiger partial charge in [-0.1, -0.05) is 18.6 Å². The van der Waals surface area contributed by atoms with E-state index in [4.69, 9.17) is 5.73 Å². The van der Waals surface area contributed by atoms with E-state index >= 15 is 0 Å². The molecule has 1 atom stereocenters. The molecule has 0 unspecified atom stereocenters. The Morgan fingerprint density at radius 3 is 2.25 bits per heavy atom. The predicted molar refractivity (Wildman–Crippen MR) is 57.3 cm³/mol. The Balaban J connectivity index is 2.00. The van der Waals surface area contributed by atoms with Crippen LogP contribution in [0.4, 0.5) is 8.78 Å². The lowest BCUT2D eigenvalue weighted by atomic mass is 9.78. The zero-order valence-electron chi connectivity index (χ0n) is 8.90. The molecule has 1 aliphatic rings. The molecule has 0 bridgehead atoms. The van der Waals surface area contributed by atoms with Gasteiger partial charge in [-0.3, -0.25) is 0 Å². The van der Waals surface area contributed by atoms with Crippen molar-refractivity contribution in [3.8, 4) is 5.75 Å². The molecule has 0 radical (unpaired) electrons. The zero-order valence-corrected chi connectivity index (χ0v) is 8.90. The largest absolute Gasteiger partial charge is 0.435 e. The number of hydrogen-bond donors (Lipinski definition) is 1. The van der Waals surface area contributed by atoms with Gasteiger partial charge in [0.25, 0.3) is 0 Å². The zero-order chi connectivity index (χ0) is 11.5. The number of hydrogen-bond acceptors (Lipinski definition) is 2. The van der Waals surface area contributed by atoms with Crippen LogP contribution < -0.4 is 10.5 Å². The average molecular weight is 227 g/mol. The molecule has 4 heteroatoms. The van der Waals surface area contributed by atoms with Crippen LogP contribution in [0.2, 0.25) is 0 Å². The van der Waals surface area contributed by atoms with Gasteiger partial charge in [0.05, 0.1) is 0 Å². The standard InChI is InChI=1S/C12H15F2NO/c13-12(14)16-10-6-4-9(5-7-10)11(15)8-2-1-3-8/h4-8,11-12H,1-3,15H2/t11-/m1/s1. The van der Waals surface area contributed by atoms with Crippen LogP contribution in [0.1, 0.15) is 30.9 Å². The smallest absolute Gasteiger partial charge is 0.387 e. The monoisotopic (exact) mass is 227 g/mol. The van der Waals surface area contributed by atoms with Gasteiger partial charge in [-0.05, 0) is 36.5 Å². The summed E-state index contributed by atoms with van der Waals surface area (Å²) in [5.41, 5.74) is 7.05. The van der Waals surface area contributed by atoms with Crippen LogP contribution in [-0.2, 0) is 0 Å². The third-order valence-corrected chi connectivity index (χ3v) is 3.15. The first-order valence-corrected chi connectivity index (χ1v) is 5.47. The van der Waals surface area contributed by atoms with E-state index in [1.54, 1.807) is 24.3 Å². The lowest BCUT2D eigenvalue weighted by molar-refractivity contribution is -0.0498. The molecule has 0 amide bonds. The van der Waals surface area contributed by atoms with Crippen molar-refractivity contribution in [3.05, 3.63) is 29.8 Å². The van der Waals surface area contributed by atoms with Crippen molar-refractivity contribution < 1.29 is 13.5 Å². The lowest BCUT2D eigenvalue weighted by Gasteiger charge is -2.31. The van der Waals surface area contributed by atoms with Crippen molar-refractivity contribution in [3.63, 3.8) is 0 Å². The first-order chi connectivity index (χ1) is 7.66. The minimum Gasteiger partial charge on any atom is -0.435 e. The second kappa shape index (κ2) is 4.78. The van der Waals surface area contributed by atoms with Gasteiger partial charge in [0.1, 0.15) is 5.75 Å². The Kier molecular flexibility index (Phi) is 3.39. The molecule has 0 saturated heterocycles. The topological polar surface area (TPSA) is 35.2 Å². The summed E-state index contributed by atoms with van der Waals surface area (Å²) in [7, 11) is 0. The van der Waals surface area contributed by atoms with Crippen LogP contribution in [0.3, 0.4) is 0 Å². The van der Waals surface area contributed by atoms with Crippen LogP contribution in [0, 0.1) is 5.92 Å². The quantitative estimate of drug-likeness (QED) is 0.857. The van der Waals surface area contributed by atoms with E-state index in [1.165, 1.54) is 6.42 Å². The Morgan fingerprint density at radius 2 is 1.81 bits per heavy atom. The molecule has 1 aromatic rings. The highest BCUT2D eigenvalue weighted by Gasteiger charge is 2.25. The third-order valence-electron chi connectivity index (χ3n) is 3.15. The maximum Gasteiger partial charge on any atom is 0.387 e. The van der Waals surface area contributed by atoms with E-state index in [1.807, 2.05) is 0 Å². The minimum atomic E-state index is -2.77. The molecule has 0 heterocycles. The molecule has 2 nitrogen and oxygen atoms in total. The second-order valence-corrected chi connectivity index (χ2v) is 4.16. The van der Waals surface area contributed by atoms with Crippen molar-refractivity contribution in [2.24, 2.45) is 11.7 Å². The molecule has 16 heavy (non-hydrogen) atoms. The van der Waals surface area contributed by atoms with E-state index < -0.39 is 6.61 Å². The Labute approximate surface area is 93.4 Å². The maximum absolute atomic E-state index is 11.9. The van der Waals surface area contributed by atoms with Gasteiger partial charge in [0.2, 0.25) is 0 Å². The average Bonchev–Trinajstić information content (AvgIpc) is 2.15. The van der Waals surface area contributed by atoms with Gasteiger partial charge >= 0.3 is 6.61 Å². The Bertz CT molecular complexity index is 335. The summed E-state index contributed by atoms with van der Waals surface area (Å²) >= 11 is 0. The number of nitrogens with two attached hydrogens (primary N) is 1. The summed E-state index contributed by atoms with van der Waals surface area (Å²) in [6.45, 7) is -2.77. The lowest BCUT2D eigenvalue weighted by Crippen LogP contribution is -2.26. The van der Waals surface area contributed by atoms with Gasteiger partial charge in [-0.15, -0.1) is 0 Å². The summed E-state index contributed by atoms with van der Waals surface area (Å²) in [5.74, 6) is 0.724. The van der Waals surface area contributed by atoms with Crippen molar-refractivity contribution >= 4 is 0 Å². The molecular weight excluding hydrogens is 212 g/mol. The molecule has 1 fully saturated rings. The number of ether oxygens (including phenoxy) is 1. The molecule has 1 aliphatic carbocycles. The molecular formula is C12H15F2NO. The summed E-state index contributed by atoms with van der Waals surface area (Å²) in [6.07, 6.45) is 3.57. The molecule has 1 aromatic carbocycles. The molecule has 0 aliphatic heterocycles. The number of halogens is 2. The fourth-order valence-electron chi connectivity index (χ4n) is 1.94. The second-order valence-electron chi connectivity index (χ2n) is 4.16. The van der Waals surface area contributed by atoms with E-state index in [2.05, 4.69) is 4.74 Å². The maximum atomic E-state index is 11.9. The van der Waals surface area contributed by atoms with Crippen molar-refractivity contribution in [2.45, 2.75) is 31.9 Å². The van der Waals surface area contributed by atoms with Crippen molar-refractivity contribution in [1.29, 1.82) is 0 Å². The SMILES string of the molecule is N[C@@H](c1ccc(OC(F)F)cc1)C1CCC1. The fraction of sp³-hybridized carbons (Fsp3) is 0.500. The Morgan fingerprint density at radius 1 is 1.19 bits per heavy atom. The van der Waals surface area contributed by atoms with Gasteiger partial charge < -0.3 is 10.5 Å². The summed E-state index contributed by atoms with van der Waals surface area (Å²) in [6, 6.07) is 6.64. The van der Waals surface area contributed by atoms with Crippen LogP contribution in [0.25, 0.3) is 0 Å². The Hall–Kier alpha value is -1.16. The highest BCUT2D eigenvalue weighted by molar-refractivity contribution is 5.29. The van der Waals surface area contributed by atoms with Crippen LogP contribution in [0.5, 0.6) is 5.75 Å². The predicted octanol–water partition coefficient (Wildman–Crippen LogP) is 3.09. The molecule has 2 N–H and O–H groups in total. The normalized spacial score (nSPS) is 18.2. The van der Waals surface area contributed by atoms with Gasteiger partial charge in [0, 0.05) is 6.04 Å². The van der Waals surface area contributed by atoms with Gasteiger partial charge in [0.15, 0.2) is 0 Å². The summed E-state index contributed by atoms with van der Waals surface area (Å²) in [4.78, 5) is 0. The van der Waals surface area contributed by atoms with Crippen LogP contribution in [-0.4, -0.2) is 6.61 Å². The molecule has 0 spiro atoms. The van der Waals surface area contributed by atoms with Crippen molar-refractivity contribution in [1.82, 2.24) is 0 Å². The van der Waals surface area contributed by atoms with E-state index in [-0.39, 0.29) is 11.8 Å². The summed E-state index contributed by atoms with van der Waals surface area (Å²) < 4.78 is 28.1. The summed E-state index contributed by atoms with van der Waals surface area (Å²) in [5, 5.41) is 0. The number of alkyl halides is 2. The first kappa shape index (κ1) is 11.3. The molecule has 88 valence electrons. The number of rotatable bonds is 4. The molecule has 1 saturated carbocycles. The third kappa shape index (κ3) is 2.50. The minimum absolute atomic E-state index is 0.0225. The van der Waals surface area contributed by atoms with E-state index in [9.17, 15) is 8.78 Å². The van der Waals surface area contributed by atoms with Crippen LogP contribution >= 0.6 is 0 Å². The first-order valence-electron chi connectivity index (χ1n) is 5.47. The fourth-order valence-corrected chi connectivity index (χ4v) is 1.94. The van der Waals surface area contributed by atoms with Crippen molar-refractivity contribution in [2.75, 3.05) is 0 Å². The highest BCUT2D eigenvalue weighted by Crippen LogP contribution is 2.36. The van der Waals surface area contributed by atoms with E-state index in [0.29, 0.717) is 5.92 Å². The molecule has 2 rings (SSSR count). The highest BCUT2D eigenvalue weighted by atomic mass is 19.3. The van der Waals surface area contributed by atoms with E-state index in [0.717, 1.165) is 18.4 Å². The number of benzene rings is 1. The van der Waals surface area contributed by atoms with Gasteiger partial charge in [-0.2, -0.15) is 8.78 Å². The van der Waals surface area contributed by atoms with Gasteiger partial charge in [-0.25, -0.2) is 0 Å². The van der Waals surface area contributed by atoms with Crippen LogP contribution in [0.15, 0.2) is 24.3 Å². The molecule has 0 aromatic heterocycles.